The average Bonchev–Trinajstić information content (AvgIpc) is 1.19. The van der Waals surface area contributed by atoms with Crippen LogP contribution < -0.4 is 0 Å². The molecular weight excluding hydrogens is 219 g/mol. The van der Waals surface area contributed by atoms with Crippen LogP contribution in [0.3, 0.4) is 0 Å². The van der Waals surface area contributed by atoms with Gasteiger partial charge in [0.15, 0.2) is 17.4 Å². The van der Waals surface area contributed by atoms with Gasteiger partial charge in [0, 0.05) is 0 Å². The van der Waals surface area contributed by atoms with E-state index in [0.717, 1.165) is 0 Å². The molecule has 0 amide bonds. The summed E-state index contributed by atoms with van der Waals surface area (Å²) in [6, 6.07) is 0. The van der Waals surface area contributed by atoms with Crippen molar-refractivity contribution in [2.24, 2.45) is 0 Å². The van der Waals surface area contributed by atoms with Crippen molar-refractivity contribution in [3.05, 3.63) is 0 Å². The van der Waals surface area contributed by atoms with Crippen LogP contribution in [0.25, 0.3) is 0 Å². The van der Waals surface area contributed by atoms with E-state index in [1.807, 2.05) is 0 Å². The summed E-state index contributed by atoms with van der Waals surface area (Å²) in [5.41, 5.74) is 0. The molecular formula is CH11AlCaO7Si. The minimum absolute atomic E-state index is 0. The molecule has 0 rings (SSSR count). The Morgan fingerprint density at radius 1 is 1.00 bits per heavy atom. The third-order valence-electron chi connectivity index (χ3n) is 0. The summed E-state index contributed by atoms with van der Waals surface area (Å²) < 4.78 is 0. The van der Waals surface area contributed by atoms with Crippen LogP contribution in [0, 0.1) is 0 Å². The predicted molar refractivity (Wildman–Crippen MR) is 43.8 cm³/mol. The summed E-state index contributed by atoms with van der Waals surface area (Å²) in [4.78, 5) is 37.9. The number of carbonyl (C=O) groups is 1. The molecule has 10 heteroatoms. The Morgan fingerprint density at radius 2 is 1.00 bits per heavy atom. The molecule has 7 nitrogen and oxygen atoms in total. The van der Waals surface area contributed by atoms with Crippen LogP contribution in [0.1, 0.15) is 0 Å². The first-order valence-electron chi connectivity index (χ1n) is 1.55. The fourth-order valence-electron chi connectivity index (χ4n) is 0. The van der Waals surface area contributed by atoms with Crippen molar-refractivity contribution in [2.75, 3.05) is 0 Å². The van der Waals surface area contributed by atoms with Gasteiger partial charge in [-0.25, -0.2) is 4.79 Å². The molecule has 0 heterocycles. The quantitative estimate of drug-likeness (QED) is 0.231. The molecule has 0 radical (unpaired) electrons. The van der Waals surface area contributed by atoms with E-state index in [4.69, 9.17) is 34.2 Å². The average molecular weight is 230 g/mol. The van der Waals surface area contributed by atoms with E-state index in [-0.39, 0.29) is 55.1 Å². The summed E-state index contributed by atoms with van der Waals surface area (Å²) in [6.07, 6.45) is -1.83. The van der Waals surface area contributed by atoms with E-state index in [1.165, 1.54) is 0 Å². The fourth-order valence-corrected chi connectivity index (χ4v) is 0. The van der Waals surface area contributed by atoms with Gasteiger partial charge in [-0.15, -0.1) is 0 Å². The molecule has 0 aliphatic carbocycles. The molecule has 0 aromatic heterocycles. The first-order chi connectivity index (χ1) is 3.73. The second-order valence-corrected chi connectivity index (χ2v) is 2.08. The van der Waals surface area contributed by atoms with E-state index in [9.17, 15) is 0 Å². The van der Waals surface area contributed by atoms with Crippen LogP contribution in [0.5, 0.6) is 0 Å². The molecule has 11 heavy (non-hydrogen) atoms. The maximum atomic E-state index is 8.56. The van der Waals surface area contributed by atoms with Gasteiger partial charge in [0.05, 0.1) is 0 Å². The van der Waals surface area contributed by atoms with Gasteiger partial charge >= 0.3 is 52.9 Å². The van der Waals surface area contributed by atoms with Crippen molar-refractivity contribution in [3.8, 4) is 0 Å². The van der Waals surface area contributed by atoms with Gasteiger partial charge in [-0.2, -0.15) is 0 Å². The van der Waals surface area contributed by atoms with Gasteiger partial charge in [-0.05, 0) is 0 Å². The maximum absolute atomic E-state index is 8.56. The number of hydrogen-bond donors (Lipinski definition) is 6. The Kier molecular flexibility index (Phi) is 23.0. The van der Waals surface area contributed by atoms with Crippen LogP contribution in [0.2, 0.25) is 0 Å². The summed E-state index contributed by atoms with van der Waals surface area (Å²) in [5.74, 6) is 0. The van der Waals surface area contributed by atoms with Crippen LogP contribution in [-0.2, 0) is 0 Å². The molecule has 0 saturated heterocycles. The van der Waals surface area contributed by atoms with Gasteiger partial charge in [0.2, 0.25) is 0 Å². The third kappa shape index (κ3) is 738. The Morgan fingerprint density at radius 3 is 1.00 bits per heavy atom. The second kappa shape index (κ2) is 11.1. The molecule has 0 unspecified atom stereocenters. The molecule has 66 valence electrons. The van der Waals surface area contributed by atoms with Crippen molar-refractivity contribution >= 4 is 70.3 Å². The predicted octanol–water partition coefficient (Wildman–Crippen LogP) is -4.49. The number of rotatable bonds is 0. The van der Waals surface area contributed by atoms with Crippen molar-refractivity contribution in [3.63, 3.8) is 0 Å². The van der Waals surface area contributed by atoms with Gasteiger partial charge in [0.1, 0.15) is 0 Å². The van der Waals surface area contributed by atoms with Crippen molar-refractivity contribution in [2.45, 2.75) is 0 Å². The van der Waals surface area contributed by atoms with Crippen molar-refractivity contribution in [1.29, 1.82) is 0 Å². The molecule has 0 saturated carbocycles. The topological polar surface area (TPSA) is 138 Å². The van der Waals surface area contributed by atoms with E-state index in [1.54, 1.807) is 0 Å². The standard InChI is InChI=1S/CH2O3.Al.Ca.H4O4Si.5H/c2-1(3)4;;;1-5(2,3)4;;;;;/h(H2,2,3,4);;;1-4H;;;;;. The summed E-state index contributed by atoms with van der Waals surface area (Å²) in [5, 5.41) is 13.9. The van der Waals surface area contributed by atoms with Crippen LogP contribution in [0.4, 0.5) is 4.79 Å². The van der Waals surface area contributed by atoms with Gasteiger partial charge in [-0.1, -0.05) is 0 Å². The van der Waals surface area contributed by atoms with Gasteiger partial charge in [-0.3, -0.25) is 0 Å². The van der Waals surface area contributed by atoms with Gasteiger partial charge < -0.3 is 29.4 Å². The van der Waals surface area contributed by atoms with E-state index in [0.29, 0.717) is 0 Å². The zero-order valence-corrected chi connectivity index (χ0v) is 5.09. The van der Waals surface area contributed by atoms with E-state index < -0.39 is 15.2 Å². The number of carboxylic acid groups (broad SMARTS) is 2. The Balaban J connectivity index is -0.0000000383. The molecule has 0 fully saturated rings. The SMILES string of the molecule is O=C(O)O.O[Si](O)(O)O.[AlH3].[CaH2]. The Hall–Kier alpha value is 1.12. The Bertz CT molecular complexity index is 80.9. The van der Waals surface area contributed by atoms with Crippen molar-refractivity contribution in [1.82, 2.24) is 0 Å². The monoisotopic (exact) mass is 230 g/mol. The summed E-state index contributed by atoms with van der Waals surface area (Å²) in [6.45, 7) is 0. The molecule has 0 bridgehead atoms. The van der Waals surface area contributed by atoms with Crippen molar-refractivity contribution < 1.29 is 34.2 Å². The molecule has 0 aliphatic heterocycles. The molecule has 0 aliphatic rings. The molecule has 0 atom stereocenters. The number of hydrogen-bond acceptors (Lipinski definition) is 5. The van der Waals surface area contributed by atoms with E-state index in [2.05, 4.69) is 0 Å². The summed E-state index contributed by atoms with van der Waals surface area (Å²) in [7, 11) is -4.61. The van der Waals surface area contributed by atoms with E-state index >= 15 is 0 Å². The molecule has 0 aromatic rings. The second-order valence-electron chi connectivity index (χ2n) is 0.883. The third-order valence-corrected chi connectivity index (χ3v) is 0. The molecule has 6 N–H and O–H groups in total. The van der Waals surface area contributed by atoms with Crippen LogP contribution >= 0.6 is 0 Å². The first-order valence-corrected chi connectivity index (χ1v) is 3.33. The first kappa shape index (κ1) is 22.7. The minimum atomic E-state index is -4.61. The fraction of sp³-hybridized carbons (Fsp3) is 0. The Labute approximate surface area is 104 Å². The van der Waals surface area contributed by atoms with Crippen LogP contribution in [0.15, 0.2) is 0 Å². The normalized spacial score (nSPS) is 7.64. The zero-order valence-electron chi connectivity index (χ0n) is 4.09. The summed E-state index contributed by atoms with van der Waals surface area (Å²) >= 11 is 0. The molecule has 0 spiro atoms. The van der Waals surface area contributed by atoms with Crippen LogP contribution in [-0.4, -0.2) is 99.7 Å². The zero-order chi connectivity index (χ0) is 8.08. The molecule has 0 aromatic carbocycles. The van der Waals surface area contributed by atoms with Gasteiger partial charge in [0.25, 0.3) is 0 Å².